The van der Waals surface area contributed by atoms with E-state index in [1.807, 2.05) is 37.3 Å². The van der Waals surface area contributed by atoms with Crippen LogP contribution in [0.1, 0.15) is 43.7 Å². The molecule has 0 spiro atoms. The fraction of sp³-hybridized carbons (Fsp3) is 0.375. The number of carbonyl (C=O) groups is 2. The minimum absolute atomic E-state index is 0.0248. The van der Waals surface area contributed by atoms with Crippen molar-refractivity contribution in [1.82, 2.24) is 10.2 Å². The van der Waals surface area contributed by atoms with E-state index < -0.39 is 16.1 Å². The van der Waals surface area contributed by atoms with Gasteiger partial charge < -0.3 is 15.0 Å². The van der Waals surface area contributed by atoms with Crippen LogP contribution in [0.3, 0.4) is 0 Å². The SMILES string of the molecule is CCCCNC(=O)[C@H](Cc1ccccc1)N(Cc1ccc(Cl)c(Cl)c1)C(=O)CCCN(c1ccc(OC)cc1)S(C)(=O)=O. The summed E-state index contributed by atoms with van der Waals surface area (Å²) in [6.07, 6.45) is 3.44. The molecule has 0 saturated carbocycles. The van der Waals surface area contributed by atoms with Crippen molar-refractivity contribution in [3.8, 4) is 5.75 Å². The maximum atomic E-state index is 13.9. The van der Waals surface area contributed by atoms with Crippen LogP contribution in [0, 0.1) is 0 Å². The molecule has 3 aromatic rings. The van der Waals surface area contributed by atoms with Crippen molar-refractivity contribution in [2.24, 2.45) is 0 Å². The number of nitrogens with zero attached hydrogens (tertiary/aromatic N) is 2. The van der Waals surface area contributed by atoms with Gasteiger partial charge in [-0.1, -0.05) is 72.9 Å². The van der Waals surface area contributed by atoms with Gasteiger partial charge in [-0.25, -0.2) is 8.42 Å². The highest BCUT2D eigenvalue weighted by molar-refractivity contribution is 7.92. The lowest BCUT2D eigenvalue weighted by Gasteiger charge is -2.32. The molecule has 232 valence electrons. The number of benzene rings is 3. The van der Waals surface area contributed by atoms with E-state index in [1.165, 1.54) is 11.4 Å². The van der Waals surface area contributed by atoms with E-state index in [4.69, 9.17) is 27.9 Å². The standard InChI is InChI=1S/C32H39Cl2N3O5S/c1-4-5-19-35-32(39)30(22-24-10-7-6-8-11-24)36(23-25-13-18-28(33)29(34)21-25)31(38)12-9-20-37(43(3,40)41)26-14-16-27(42-2)17-15-26/h6-8,10-11,13-18,21,30H,4-5,9,12,19-20,22-23H2,1-3H3,(H,35,39)/t30-/m0/s1. The summed E-state index contributed by atoms with van der Waals surface area (Å²) in [5, 5.41) is 3.73. The molecule has 0 unspecified atom stereocenters. The molecule has 0 saturated heterocycles. The summed E-state index contributed by atoms with van der Waals surface area (Å²) in [4.78, 5) is 29.1. The Bertz CT molecular complexity index is 1450. The number of halogens is 2. The summed E-state index contributed by atoms with van der Waals surface area (Å²) in [5.74, 6) is 0.0783. The molecule has 0 aliphatic rings. The Morgan fingerprint density at radius 3 is 2.23 bits per heavy atom. The van der Waals surface area contributed by atoms with Crippen LogP contribution in [-0.4, -0.2) is 57.6 Å². The first kappa shape index (κ1) is 34.2. The van der Waals surface area contributed by atoms with Gasteiger partial charge in [0.1, 0.15) is 11.8 Å². The summed E-state index contributed by atoms with van der Waals surface area (Å²) in [6.45, 7) is 2.76. The van der Waals surface area contributed by atoms with Crippen molar-refractivity contribution in [3.63, 3.8) is 0 Å². The first-order valence-electron chi connectivity index (χ1n) is 14.2. The topological polar surface area (TPSA) is 96.0 Å². The van der Waals surface area contributed by atoms with Crippen molar-refractivity contribution >= 4 is 50.7 Å². The predicted octanol–water partition coefficient (Wildman–Crippen LogP) is 6.10. The van der Waals surface area contributed by atoms with Crippen molar-refractivity contribution in [2.75, 3.05) is 30.8 Å². The van der Waals surface area contributed by atoms with Crippen LogP contribution < -0.4 is 14.4 Å². The number of amides is 2. The Kier molecular flexibility index (Phi) is 13.2. The highest BCUT2D eigenvalue weighted by Crippen LogP contribution is 2.25. The molecule has 43 heavy (non-hydrogen) atoms. The molecule has 0 bridgehead atoms. The van der Waals surface area contributed by atoms with Crippen molar-refractivity contribution in [1.29, 1.82) is 0 Å². The van der Waals surface area contributed by atoms with E-state index >= 15 is 0 Å². The molecule has 0 heterocycles. The third-order valence-electron chi connectivity index (χ3n) is 6.95. The van der Waals surface area contributed by atoms with Gasteiger partial charge in [0.05, 0.1) is 29.1 Å². The van der Waals surface area contributed by atoms with Crippen LogP contribution in [0.15, 0.2) is 72.8 Å². The average molecular weight is 649 g/mol. The van der Waals surface area contributed by atoms with Gasteiger partial charge in [0, 0.05) is 32.5 Å². The summed E-state index contributed by atoms with van der Waals surface area (Å²) in [6, 6.07) is 20.6. The molecule has 0 aliphatic carbocycles. The average Bonchev–Trinajstić information content (AvgIpc) is 2.99. The number of carbonyl (C=O) groups excluding carboxylic acids is 2. The first-order chi connectivity index (χ1) is 20.5. The summed E-state index contributed by atoms with van der Waals surface area (Å²) >= 11 is 12.4. The van der Waals surface area contributed by atoms with Gasteiger partial charge in [-0.05, 0) is 60.4 Å². The van der Waals surface area contributed by atoms with E-state index in [-0.39, 0.29) is 37.7 Å². The van der Waals surface area contributed by atoms with Crippen molar-refractivity contribution in [3.05, 3.63) is 94.0 Å². The zero-order valence-corrected chi connectivity index (χ0v) is 27.1. The number of nitrogens with one attached hydrogen (secondary N) is 1. The van der Waals surface area contributed by atoms with Crippen molar-refractivity contribution in [2.45, 2.75) is 51.6 Å². The van der Waals surface area contributed by atoms with E-state index in [0.717, 1.165) is 30.2 Å². The van der Waals surface area contributed by atoms with Gasteiger partial charge in [-0.3, -0.25) is 13.9 Å². The van der Waals surface area contributed by atoms with Gasteiger partial charge in [0.2, 0.25) is 21.8 Å². The predicted molar refractivity (Wildman–Crippen MR) is 173 cm³/mol. The minimum atomic E-state index is -3.62. The summed E-state index contributed by atoms with van der Waals surface area (Å²) in [7, 11) is -2.08. The van der Waals surface area contributed by atoms with E-state index in [0.29, 0.717) is 34.4 Å². The molecule has 0 radical (unpaired) electrons. The summed E-state index contributed by atoms with van der Waals surface area (Å²) < 4.78 is 31.7. The lowest BCUT2D eigenvalue weighted by molar-refractivity contribution is -0.141. The Balaban J connectivity index is 1.88. The largest absolute Gasteiger partial charge is 0.497 e. The zero-order valence-electron chi connectivity index (χ0n) is 24.8. The maximum Gasteiger partial charge on any atom is 0.243 e. The van der Waals surface area contributed by atoms with Crippen LogP contribution >= 0.6 is 23.2 Å². The normalized spacial score (nSPS) is 11.9. The van der Waals surface area contributed by atoms with Gasteiger partial charge in [-0.2, -0.15) is 0 Å². The lowest BCUT2D eigenvalue weighted by atomic mass is 10.0. The molecule has 8 nitrogen and oxygen atoms in total. The lowest BCUT2D eigenvalue weighted by Crippen LogP contribution is -2.50. The van der Waals surface area contributed by atoms with Crippen LogP contribution in [0.4, 0.5) is 5.69 Å². The number of methoxy groups -OCH3 is 1. The van der Waals surface area contributed by atoms with Crippen molar-refractivity contribution < 1.29 is 22.7 Å². The number of sulfonamides is 1. The molecule has 11 heteroatoms. The quantitative estimate of drug-likeness (QED) is 0.189. The Morgan fingerprint density at radius 1 is 0.930 bits per heavy atom. The molecule has 1 N–H and O–H groups in total. The van der Waals surface area contributed by atoms with Crippen LogP contribution in [0.2, 0.25) is 10.0 Å². The molecular weight excluding hydrogens is 609 g/mol. The second-order valence-electron chi connectivity index (χ2n) is 10.3. The minimum Gasteiger partial charge on any atom is -0.497 e. The number of unbranched alkanes of at least 4 members (excludes halogenated alkanes) is 1. The molecular formula is C32H39Cl2N3O5S. The van der Waals surface area contributed by atoms with Crippen LogP contribution in [0.5, 0.6) is 5.75 Å². The van der Waals surface area contributed by atoms with Gasteiger partial charge in [-0.15, -0.1) is 0 Å². The van der Waals surface area contributed by atoms with E-state index in [2.05, 4.69) is 5.32 Å². The Labute approximate surface area is 265 Å². The Hall–Kier alpha value is -3.27. The third kappa shape index (κ3) is 10.4. The summed E-state index contributed by atoms with van der Waals surface area (Å²) in [5.41, 5.74) is 2.10. The van der Waals surface area contributed by atoms with E-state index in [9.17, 15) is 18.0 Å². The number of ether oxygens (including phenoxy) is 1. The molecule has 2 amide bonds. The fourth-order valence-electron chi connectivity index (χ4n) is 4.65. The molecule has 0 aromatic heterocycles. The second kappa shape index (κ2) is 16.5. The highest BCUT2D eigenvalue weighted by Gasteiger charge is 2.30. The number of anilines is 1. The fourth-order valence-corrected chi connectivity index (χ4v) is 5.93. The number of hydrogen-bond donors (Lipinski definition) is 1. The smallest absolute Gasteiger partial charge is 0.243 e. The van der Waals surface area contributed by atoms with Crippen LogP contribution in [0.25, 0.3) is 0 Å². The highest BCUT2D eigenvalue weighted by atomic mass is 35.5. The molecule has 0 fully saturated rings. The number of rotatable bonds is 16. The third-order valence-corrected chi connectivity index (χ3v) is 8.88. The van der Waals surface area contributed by atoms with Gasteiger partial charge in [0.15, 0.2) is 0 Å². The molecule has 3 aromatic carbocycles. The Morgan fingerprint density at radius 2 is 1.63 bits per heavy atom. The molecule has 0 aliphatic heterocycles. The first-order valence-corrected chi connectivity index (χ1v) is 16.8. The van der Waals surface area contributed by atoms with Gasteiger partial charge >= 0.3 is 0 Å². The van der Waals surface area contributed by atoms with Gasteiger partial charge in [0.25, 0.3) is 0 Å². The monoisotopic (exact) mass is 647 g/mol. The molecule has 1 atom stereocenters. The molecule has 3 rings (SSSR count). The zero-order chi connectivity index (χ0) is 31.4. The maximum absolute atomic E-state index is 13.9. The second-order valence-corrected chi connectivity index (χ2v) is 13.0. The van der Waals surface area contributed by atoms with E-state index in [1.54, 1.807) is 47.4 Å². The number of hydrogen-bond acceptors (Lipinski definition) is 5. The van der Waals surface area contributed by atoms with Crippen LogP contribution in [-0.2, 0) is 32.6 Å².